The molecule has 3 rings (SSSR count). The summed E-state index contributed by atoms with van der Waals surface area (Å²) in [6.07, 6.45) is 4.44. The van der Waals surface area contributed by atoms with Gasteiger partial charge in [0, 0.05) is 19.7 Å². The minimum absolute atomic E-state index is 0.000255. The SMILES string of the molecule is CCCCCc1ccc(-c2c(C#N)c(N)nc3c2c(=O)n(C)c(=O)n3C)cc1. The number of benzene rings is 1. The molecule has 144 valence electrons. The van der Waals surface area contributed by atoms with E-state index in [4.69, 9.17) is 5.73 Å². The molecule has 7 nitrogen and oxygen atoms in total. The van der Waals surface area contributed by atoms with E-state index in [-0.39, 0.29) is 22.4 Å². The fraction of sp³-hybridized carbons (Fsp3) is 0.333. The van der Waals surface area contributed by atoms with Crippen molar-refractivity contribution in [1.29, 1.82) is 5.26 Å². The topological polar surface area (TPSA) is 107 Å². The van der Waals surface area contributed by atoms with Gasteiger partial charge >= 0.3 is 5.69 Å². The Bertz CT molecular complexity index is 1200. The summed E-state index contributed by atoms with van der Waals surface area (Å²) in [5.74, 6) is 0.000255. The number of unbranched alkanes of at least 4 members (excludes halogenated alkanes) is 2. The maximum atomic E-state index is 12.9. The quantitative estimate of drug-likeness (QED) is 0.688. The lowest BCUT2D eigenvalue weighted by Gasteiger charge is -2.14. The Morgan fingerprint density at radius 1 is 1.11 bits per heavy atom. The van der Waals surface area contributed by atoms with Crippen molar-refractivity contribution in [2.45, 2.75) is 32.6 Å². The minimum atomic E-state index is -0.496. The Morgan fingerprint density at radius 2 is 1.79 bits per heavy atom. The molecule has 0 saturated heterocycles. The van der Waals surface area contributed by atoms with Gasteiger partial charge in [-0.2, -0.15) is 5.26 Å². The van der Waals surface area contributed by atoms with Crippen LogP contribution < -0.4 is 17.0 Å². The highest BCUT2D eigenvalue weighted by Crippen LogP contribution is 2.32. The zero-order chi connectivity index (χ0) is 20.4. The molecule has 2 aromatic heterocycles. The zero-order valence-corrected chi connectivity index (χ0v) is 16.3. The Kier molecular flexibility index (Phi) is 5.32. The highest BCUT2D eigenvalue weighted by molar-refractivity contribution is 5.97. The van der Waals surface area contributed by atoms with E-state index in [2.05, 4.69) is 18.0 Å². The molecule has 0 saturated carbocycles. The second kappa shape index (κ2) is 7.69. The number of rotatable bonds is 5. The molecule has 0 atom stereocenters. The van der Waals surface area contributed by atoms with E-state index in [0.717, 1.165) is 23.8 Å². The summed E-state index contributed by atoms with van der Waals surface area (Å²) >= 11 is 0. The van der Waals surface area contributed by atoms with Gasteiger partial charge in [-0.25, -0.2) is 9.78 Å². The Morgan fingerprint density at radius 3 is 2.39 bits per heavy atom. The highest BCUT2D eigenvalue weighted by atomic mass is 16.2. The maximum absolute atomic E-state index is 12.9. The molecule has 1 aromatic carbocycles. The molecule has 2 N–H and O–H groups in total. The van der Waals surface area contributed by atoms with Gasteiger partial charge in [-0.05, 0) is 24.0 Å². The van der Waals surface area contributed by atoms with E-state index in [0.29, 0.717) is 11.1 Å². The van der Waals surface area contributed by atoms with E-state index in [1.807, 2.05) is 24.3 Å². The van der Waals surface area contributed by atoms with Gasteiger partial charge in [-0.1, -0.05) is 44.0 Å². The fourth-order valence-electron chi connectivity index (χ4n) is 3.43. The van der Waals surface area contributed by atoms with E-state index >= 15 is 0 Å². The highest BCUT2D eigenvalue weighted by Gasteiger charge is 2.21. The number of aromatic nitrogens is 3. The van der Waals surface area contributed by atoms with Crippen LogP contribution in [-0.4, -0.2) is 14.1 Å². The first-order valence-corrected chi connectivity index (χ1v) is 9.29. The predicted molar refractivity (Wildman–Crippen MR) is 110 cm³/mol. The van der Waals surface area contributed by atoms with Gasteiger partial charge in [0.05, 0.1) is 5.39 Å². The molecular formula is C21H23N5O2. The Balaban J connectivity index is 2.29. The van der Waals surface area contributed by atoms with Crippen LogP contribution in [0.4, 0.5) is 5.82 Å². The van der Waals surface area contributed by atoms with Gasteiger partial charge in [0.2, 0.25) is 0 Å². The molecule has 0 radical (unpaired) electrons. The first-order valence-electron chi connectivity index (χ1n) is 9.29. The van der Waals surface area contributed by atoms with Crippen LogP contribution >= 0.6 is 0 Å². The van der Waals surface area contributed by atoms with Crippen molar-refractivity contribution in [2.75, 3.05) is 5.73 Å². The van der Waals surface area contributed by atoms with E-state index in [1.165, 1.54) is 30.6 Å². The molecular weight excluding hydrogens is 354 g/mol. The van der Waals surface area contributed by atoms with Crippen LogP contribution in [0.1, 0.15) is 37.3 Å². The summed E-state index contributed by atoms with van der Waals surface area (Å²) in [5, 5.41) is 9.87. The number of nitrogens with zero attached hydrogens (tertiary/aromatic N) is 4. The molecule has 7 heteroatoms. The molecule has 2 heterocycles. The van der Waals surface area contributed by atoms with E-state index < -0.39 is 11.2 Å². The largest absolute Gasteiger partial charge is 0.383 e. The van der Waals surface area contributed by atoms with Crippen molar-refractivity contribution < 1.29 is 0 Å². The zero-order valence-electron chi connectivity index (χ0n) is 16.3. The lowest BCUT2D eigenvalue weighted by molar-refractivity contribution is 0.708. The summed E-state index contributed by atoms with van der Waals surface area (Å²) in [5.41, 5.74) is 7.63. The molecule has 0 bridgehead atoms. The summed E-state index contributed by atoms with van der Waals surface area (Å²) in [6, 6.07) is 9.85. The number of nitrogens with two attached hydrogens (primary N) is 1. The van der Waals surface area contributed by atoms with Gasteiger partial charge in [0.25, 0.3) is 5.56 Å². The van der Waals surface area contributed by atoms with Crippen molar-refractivity contribution in [1.82, 2.24) is 14.1 Å². The average molecular weight is 377 g/mol. The van der Waals surface area contributed by atoms with Crippen LogP contribution in [0.5, 0.6) is 0 Å². The normalized spacial score (nSPS) is 10.9. The number of nitriles is 1. The molecule has 0 aliphatic heterocycles. The third-order valence-electron chi connectivity index (χ3n) is 5.04. The molecule has 0 aliphatic carbocycles. The number of fused-ring (bicyclic) bond motifs is 1. The molecule has 28 heavy (non-hydrogen) atoms. The van der Waals surface area contributed by atoms with E-state index in [9.17, 15) is 14.9 Å². The smallest absolute Gasteiger partial charge is 0.332 e. The minimum Gasteiger partial charge on any atom is -0.383 e. The molecule has 0 spiro atoms. The third-order valence-corrected chi connectivity index (χ3v) is 5.04. The van der Waals surface area contributed by atoms with Crippen LogP contribution in [-0.2, 0) is 20.5 Å². The van der Waals surface area contributed by atoms with E-state index in [1.54, 1.807) is 0 Å². The van der Waals surface area contributed by atoms with Crippen LogP contribution in [0.25, 0.3) is 22.2 Å². The molecule has 0 unspecified atom stereocenters. The van der Waals surface area contributed by atoms with Crippen molar-refractivity contribution in [3.63, 3.8) is 0 Å². The first-order chi connectivity index (χ1) is 13.4. The second-order valence-corrected chi connectivity index (χ2v) is 6.92. The van der Waals surface area contributed by atoms with Crippen LogP contribution in [0.15, 0.2) is 33.9 Å². The summed E-state index contributed by atoms with van der Waals surface area (Å²) in [6.45, 7) is 2.17. The number of aryl methyl sites for hydroxylation is 2. The van der Waals surface area contributed by atoms with Gasteiger partial charge < -0.3 is 5.73 Å². The summed E-state index contributed by atoms with van der Waals surface area (Å²) in [7, 11) is 2.94. The van der Waals surface area contributed by atoms with Gasteiger partial charge in [-0.3, -0.25) is 13.9 Å². The predicted octanol–water partition coefficient (Wildman–Crippen LogP) is 2.49. The third kappa shape index (κ3) is 3.18. The standard InChI is InChI=1S/C21H23N5O2/c1-4-5-6-7-13-8-10-14(11-9-13)16-15(12-22)18(23)24-19-17(16)20(27)26(3)21(28)25(19)2/h8-11H,4-7H2,1-3H3,(H2,23,24). The number of nitrogen functional groups attached to an aromatic ring is 1. The lowest BCUT2D eigenvalue weighted by atomic mass is 9.96. The summed E-state index contributed by atoms with van der Waals surface area (Å²) in [4.78, 5) is 29.3. The van der Waals surface area contributed by atoms with Crippen LogP contribution in [0, 0.1) is 11.3 Å². The summed E-state index contributed by atoms with van der Waals surface area (Å²) < 4.78 is 2.29. The van der Waals surface area contributed by atoms with Gasteiger partial charge in [0.1, 0.15) is 17.5 Å². The van der Waals surface area contributed by atoms with Crippen molar-refractivity contribution >= 4 is 16.9 Å². The lowest BCUT2D eigenvalue weighted by Crippen LogP contribution is -2.37. The molecule has 0 aliphatic rings. The van der Waals surface area contributed by atoms with Crippen LogP contribution in [0.2, 0.25) is 0 Å². The number of anilines is 1. The number of hydrogen-bond acceptors (Lipinski definition) is 5. The Hall–Kier alpha value is -3.40. The number of hydrogen-bond donors (Lipinski definition) is 1. The van der Waals surface area contributed by atoms with Crippen molar-refractivity contribution in [3.05, 3.63) is 56.2 Å². The molecule has 0 fully saturated rings. The van der Waals surface area contributed by atoms with Gasteiger partial charge in [-0.15, -0.1) is 0 Å². The van der Waals surface area contributed by atoms with Crippen molar-refractivity contribution in [3.8, 4) is 17.2 Å². The number of pyridine rings is 1. The van der Waals surface area contributed by atoms with Gasteiger partial charge in [0.15, 0.2) is 5.65 Å². The van der Waals surface area contributed by atoms with Crippen molar-refractivity contribution in [2.24, 2.45) is 14.1 Å². The Labute approximate surface area is 162 Å². The average Bonchev–Trinajstić information content (AvgIpc) is 2.70. The van der Waals surface area contributed by atoms with Crippen LogP contribution in [0.3, 0.4) is 0 Å². The second-order valence-electron chi connectivity index (χ2n) is 6.92. The molecule has 3 aromatic rings. The fourth-order valence-corrected chi connectivity index (χ4v) is 3.43. The monoisotopic (exact) mass is 377 g/mol. The molecule has 0 amide bonds. The maximum Gasteiger partial charge on any atom is 0.332 e. The first kappa shape index (κ1) is 19.4.